The van der Waals surface area contributed by atoms with E-state index in [1.54, 1.807) is 11.8 Å². The molecule has 1 unspecified atom stereocenters. The third kappa shape index (κ3) is 4.88. The molecular weight excluding hydrogens is 220 g/mol. The molecule has 0 radical (unpaired) electrons. The van der Waals surface area contributed by atoms with E-state index >= 15 is 0 Å². The molecule has 3 N–H and O–H groups in total. The molecule has 0 spiro atoms. The van der Waals surface area contributed by atoms with Crippen molar-refractivity contribution in [1.82, 2.24) is 4.90 Å². The van der Waals surface area contributed by atoms with Crippen molar-refractivity contribution >= 4 is 17.4 Å². The van der Waals surface area contributed by atoms with Crippen LogP contribution in [0.4, 0.5) is 5.69 Å². The molecular formula is C12H20N2OS. The Hall–Kier alpha value is -0.710. The Morgan fingerprint density at radius 2 is 2.19 bits per heavy atom. The molecule has 0 aliphatic heterocycles. The first-order chi connectivity index (χ1) is 7.59. The van der Waals surface area contributed by atoms with E-state index in [0.717, 1.165) is 23.6 Å². The predicted octanol–water partition coefficient (Wildman–Crippen LogP) is 1.60. The largest absolute Gasteiger partial charge is 0.399 e. The SMILES string of the molecule is CN(C)CCSCC(O)c1cccc(N)c1. The molecule has 1 aromatic carbocycles. The van der Waals surface area contributed by atoms with Crippen LogP contribution in [0.5, 0.6) is 0 Å². The monoisotopic (exact) mass is 240 g/mol. The Kier molecular flexibility index (Phi) is 5.66. The van der Waals surface area contributed by atoms with Crippen molar-refractivity contribution < 1.29 is 5.11 Å². The molecule has 0 bridgehead atoms. The van der Waals surface area contributed by atoms with Gasteiger partial charge in [-0.1, -0.05) is 12.1 Å². The van der Waals surface area contributed by atoms with Gasteiger partial charge in [0.15, 0.2) is 0 Å². The van der Waals surface area contributed by atoms with Crippen LogP contribution in [0.2, 0.25) is 0 Å². The summed E-state index contributed by atoms with van der Waals surface area (Å²) in [6, 6.07) is 7.44. The van der Waals surface area contributed by atoms with Gasteiger partial charge in [0, 0.05) is 23.7 Å². The lowest BCUT2D eigenvalue weighted by molar-refractivity contribution is 0.204. The Morgan fingerprint density at radius 3 is 2.81 bits per heavy atom. The maximum atomic E-state index is 9.92. The predicted molar refractivity (Wildman–Crippen MR) is 71.7 cm³/mol. The van der Waals surface area contributed by atoms with Crippen molar-refractivity contribution in [2.75, 3.05) is 37.9 Å². The van der Waals surface area contributed by atoms with Gasteiger partial charge in [-0.2, -0.15) is 11.8 Å². The third-order valence-corrected chi connectivity index (χ3v) is 3.28. The number of rotatable bonds is 6. The zero-order valence-corrected chi connectivity index (χ0v) is 10.7. The molecule has 90 valence electrons. The molecule has 0 aromatic heterocycles. The van der Waals surface area contributed by atoms with Gasteiger partial charge >= 0.3 is 0 Å². The van der Waals surface area contributed by atoms with Crippen molar-refractivity contribution in [2.24, 2.45) is 0 Å². The van der Waals surface area contributed by atoms with Crippen LogP contribution in [0.1, 0.15) is 11.7 Å². The number of aliphatic hydroxyl groups excluding tert-OH is 1. The molecule has 0 amide bonds. The summed E-state index contributed by atoms with van der Waals surface area (Å²) in [7, 11) is 4.10. The van der Waals surface area contributed by atoms with E-state index < -0.39 is 6.10 Å². The number of nitrogens with zero attached hydrogens (tertiary/aromatic N) is 1. The van der Waals surface area contributed by atoms with Gasteiger partial charge in [0.2, 0.25) is 0 Å². The first kappa shape index (κ1) is 13.4. The van der Waals surface area contributed by atoms with Crippen LogP contribution in [-0.4, -0.2) is 42.2 Å². The molecule has 0 aliphatic rings. The van der Waals surface area contributed by atoms with Gasteiger partial charge in [-0.25, -0.2) is 0 Å². The highest BCUT2D eigenvalue weighted by Crippen LogP contribution is 2.19. The topological polar surface area (TPSA) is 49.5 Å². The highest BCUT2D eigenvalue weighted by molar-refractivity contribution is 7.99. The average molecular weight is 240 g/mol. The molecule has 0 heterocycles. The van der Waals surface area contributed by atoms with Gasteiger partial charge in [-0.05, 0) is 31.8 Å². The fraction of sp³-hybridized carbons (Fsp3) is 0.500. The summed E-state index contributed by atoms with van der Waals surface area (Å²) >= 11 is 1.76. The fourth-order valence-electron chi connectivity index (χ4n) is 1.30. The Bertz CT molecular complexity index is 318. The number of hydrogen-bond donors (Lipinski definition) is 2. The van der Waals surface area contributed by atoms with E-state index in [9.17, 15) is 5.11 Å². The second-order valence-electron chi connectivity index (χ2n) is 4.06. The molecule has 1 rings (SSSR count). The molecule has 0 saturated carbocycles. The number of nitrogen functional groups attached to an aromatic ring is 1. The number of hydrogen-bond acceptors (Lipinski definition) is 4. The molecule has 3 nitrogen and oxygen atoms in total. The van der Waals surface area contributed by atoms with Gasteiger partial charge in [0.1, 0.15) is 0 Å². The fourth-order valence-corrected chi connectivity index (χ4v) is 2.38. The van der Waals surface area contributed by atoms with E-state index in [-0.39, 0.29) is 0 Å². The summed E-state index contributed by atoms with van der Waals surface area (Å²) in [5.74, 6) is 1.75. The quantitative estimate of drug-likeness (QED) is 0.586. The number of aliphatic hydroxyl groups is 1. The summed E-state index contributed by atoms with van der Waals surface area (Å²) in [5.41, 5.74) is 7.27. The maximum absolute atomic E-state index is 9.92. The third-order valence-electron chi connectivity index (χ3n) is 2.25. The van der Waals surface area contributed by atoms with Crippen molar-refractivity contribution in [2.45, 2.75) is 6.10 Å². The lowest BCUT2D eigenvalue weighted by Crippen LogP contribution is -2.15. The lowest BCUT2D eigenvalue weighted by atomic mass is 10.1. The Morgan fingerprint density at radius 1 is 1.44 bits per heavy atom. The maximum Gasteiger partial charge on any atom is 0.0881 e. The minimum absolute atomic E-state index is 0.421. The van der Waals surface area contributed by atoms with Crippen LogP contribution < -0.4 is 5.73 Å². The van der Waals surface area contributed by atoms with Gasteiger partial charge in [-0.3, -0.25) is 0 Å². The zero-order chi connectivity index (χ0) is 12.0. The van der Waals surface area contributed by atoms with Crippen molar-refractivity contribution in [3.63, 3.8) is 0 Å². The smallest absolute Gasteiger partial charge is 0.0881 e. The average Bonchev–Trinajstić information content (AvgIpc) is 2.24. The molecule has 0 saturated heterocycles. The van der Waals surface area contributed by atoms with Crippen LogP contribution in [-0.2, 0) is 0 Å². The lowest BCUT2D eigenvalue weighted by Gasteiger charge is -2.13. The first-order valence-electron chi connectivity index (χ1n) is 5.35. The van der Waals surface area contributed by atoms with Gasteiger partial charge in [0.05, 0.1) is 6.10 Å². The van der Waals surface area contributed by atoms with Gasteiger partial charge in [0.25, 0.3) is 0 Å². The summed E-state index contributed by atoms with van der Waals surface area (Å²) in [5, 5.41) is 9.92. The number of nitrogens with two attached hydrogens (primary N) is 1. The van der Waals surface area contributed by atoms with Crippen LogP contribution in [0.3, 0.4) is 0 Å². The summed E-state index contributed by atoms with van der Waals surface area (Å²) in [4.78, 5) is 2.14. The van der Waals surface area contributed by atoms with Crippen molar-refractivity contribution in [1.29, 1.82) is 0 Å². The summed E-state index contributed by atoms with van der Waals surface area (Å²) in [6.45, 7) is 1.04. The highest BCUT2D eigenvalue weighted by Gasteiger charge is 2.07. The van der Waals surface area contributed by atoms with E-state index in [2.05, 4.69) is 19.0 Å². The second kappa shape index (κ2) is 6.78. The van der Waals surface area contributed by atoms with E-state index in [1.165, 1.54) is 0 Å². The van der Waals surface area contributed by atoms with Crippen LogP contribution in [0, 0.1) is 0 Å². The Labute approximate surface area is 102 Å². The van der Waals surface area contributed by atoms with Crippen molar-refractivity contribution in [3.8, 4) is 0 Å². The number of thioether (sulfide) groups is 1. The molecule has 16 heavy (non-hydrogen) atoms. The zero-order valence-electron chi connectivity index (χ0n) is 9.89. The number of anilines is 1. The standard InChI is InChI=1S/C12H20N2OS/c1-14(2)6-7-16-9-12(15)10-4-3-5-11(13)8-10/h3-5,8,12,15H,6-7,9,13H2,1-2H3. The summed E-state index contributed by atoms with van der Waals surface area (Å²) in [6.07, 6.45) is -0.421. The molecule has 0 aliphatic carbocycles. The van der Waals surface area contributed by atoms with E-state index in [1.807, 2.05) is 24.3 Å². The number of benzene rings is 1. The molecule has 4 heteroatoms. The van der Waals surface area contributed by atoms with Crippen LogP contribution in [0.15, 0.2) is 24.3 Å². The second-order valence-corrected chi connectivity index (χ2v) is 5.21. The van der Waals surface area contributed by atoms with Crippen LogP contribution in [0.25, 0.3) is 0 Å². The van der Waals surface area contributed by atoms with E-state index in [0.29, 0.717) is 5.69 Å². The Balaban J connectivity index is 2.32. The highest BCUT2D eigenvalue weighted by atomic mass is 32.2. The normalized spacial score (nSPS) is 13.0. The van der Waals surface area contributed by atoms with Gasteiger partial charge < -0.3 is 15.7 Å². The van der Waals surface area contributed by atoms with Crippen molar-refractivity contribution in [3.05, 3.63) is 29.8 Å². The molecule has 0 fully saturated rings. The van der Waals surface area contributed by atoms with E-state index in [4.69, 9.17) is 5.73 Å². The van der Waals surface area contributed by atoms with Gasteiger partial charge in [-0.15, -0.1) is 0 Å². The minimum Gasteiger partial charge on any atom is -0.399 e. The molecule has 1 aromatic rings. The first-order valence-corrected chi connectivity index (χ1v) is 6.51. The molecule has 1 atom stereocenters. The van der Waals surface area contributed by atoms with Crippen LogP contribution >= 0.6 is 11.8 Å². The minimum atomic E-state index is -0.421. The summed E-state index contributed by atoms with van der Waals surface area (Å²) < 4.78 is 0.